The highest BCUT2D eigenvalue weighted by atomic mass is 16.4. The molecule has 0 heterocycles. The molecule has 0 aliphatic rings. The first-order valence-electron chi connectivity index (χ1n) is 6.99. The lowest BCUT2D eigenvalue weighted by Crippen LogP contribution is -2.16. The fraction of sp³-hybridized carbons (Fsp3) is 0.0625. The zero-order chi connectivity index (χ0) is 20.7. The molecule has 0 amide bonds. The molecule has 6 N–H and O–H groups in total. The molecule has 27 heavy (non-hydrogen) atoms. The largest absolute Gasteiger partial charge is 0.478 e. The second-order valence-electron chi connectivity index (χ2n) is 5.00. The van der Waals surface area contributed by atoms with Crippen LogP contribution in [-0.4, -0.2) is 44.3 Å². The van der Waals surface area contributed by atoms with Crippen molar-refractivity contribution in [2.75, 3.05) is 10.6 Å². The lowest BCUT2D eigenvalue weighted by atomic mass is 10.1. The lowest BCUT2D eigenvalue weighted by molar-refractivity contribution is -0.135. The number of nitriles is 1. The molecule has 1 rings (SSSR count). The lowest BCUT2D eigenvalue weighted by Gasteiger charge is -2.15. The minimum atomic E-state index is -1.60. The number of hydrogen-bond donors (Lipinski definition) is 6. The molecular weight excluding hydrogens is 362 g/mol. The van der Waals surface area contributed by atoms with Gasteiger partial charge < -0.3 is 31.1 Å². The number of rotatable bonds is 8. The quantitative estimate of drug-likeness (QED) is 0.351. The molecule has 11 heteroatoms. The van der Waals surface area contributed by atoms with E-state index in [1.54, 1.807) is 13.0 Å². The number of carboxylic acid groups (broad SMARTS) is 4. The van der Waals surface area contributed by atoms with Crippen LogP contribution in [0.1, 0.15) is 11.1 Å². The van der Waals surface area contributed by atoms with Crippen molar-refractivity contribution in [2.45, 2.75) is 6.92 Å². The molecular formula is C16H13N3O8. The summed E-state index contributed by atoms with van der Waals surface area (Å²) in [6.45, 7) is 1.54. The number of anilines is 2. The Balaban J connectivity index is 3.49. The molecule has 0 aliphatic heterocycles. The van der Waals surface area contributed by atoms with Crippen molar-refractivity contribution in [1.82, 2.24) is 0 Å². The van der Waals surface area contributed by atoms with Crippen LogP contribution in [0.5, 0.6) is 0 Å². The van der Waals surface area contributed by atoms with E-state index in [4.69, 9.17) is 20.4 Å². The van der Waals surface area contributed by atoms with Gasteiger partial charge >= 0.3 is 23.9 Å². The van der Waals surface area contributed by atoms with Crippen LogP contribution < -0.4 is 10.6 Å². The molecule has 1 aromatic carbocycles. The SMILES string of the molecule is Cc1cc(NC(=CC(=O)O)C(=O)O)c(C#N)c(NC(=CC(=O)O)C(=O)O)c1. The van der Waals surface area contributed by atoms with Gasteiger partial charge in [-0.1, -0.05) is 0 Å². The third-order valence-corrected chi connectivity index (χ3v) is 2.93. The summed E-state index contributed by atoms with van der Waals surface area (Å²) in [5.74, 6) is -6.28. The van der Waals surface area contributed by atoms with Gasteiger partial charge in [0.1, 0.15) is 17.5 Å². The van der Waals surface area contributed by atoms with Crippen molar-refractivity contribution in [2.24, 2.45) is 0 Å². The van der Waals surface area contributed by atoms with Gasteiger partial charge in [0.25, 0.3) is 0 Å². The topological polar surface area (TPSA) is 197 Å². The van der Waals surface area contributed by atoms with E-state index in [1.165, 1.54) is 12.1 Å². The Bertz CT molecular complexity index is 859. The highest BCUT2D eigenvalue weighted by molar-refractivity contribution is 5.99. The number of benzene rings is 1. The van der Waals surface area contributed by atoms with Crippen molar-refractivity contribution in [3.05, 3.63) is 46.8 Å². The Kier molecular flexibility index (Phi) is 6.65. The fourth-order valence-electron chi connectivity index (χ4n) is 1.94. The first-order chi connectivity index (χ1) is 12.5. The first-order valence-corrected chi connectivity index (χ1v) is 6.99. The van der Waals surface area contributed by atoms with Gasteiger partial charge in [0.05, 0.1) is 29.1 Å². The Morgan fingerprint density at radius 3 is 1.52 bits per heavy atom. The molecule has 0 aliphatic carbocycles. The summed E-state index contributed by atoms with van der Waals surface area (Å²) in [5, 5.41) is 49.5. The second kappa shape index (κ2) is 8.67. The number of aliphatic carboxylic acids is 4. The molecule has 1 aromatic rings. The summed E-state index contributed by atoms with van der Waals surface area (Å²) in [6, 6.07) is 4.40. The maximum absolute atomic E-state index is 11.2. The van der Waals surface area contributed by atoms with Crippen LogP contribution in [-0.2, 0) is 19.2 Å². The predicted octanol–water partition coefficient (Wildman–Crippen LogP) is 0.797. The summed E-state index contributed by atoms with van der Waals surface area (Å²) in [6.07, 6.45) is 0.762. The molecule has 0 atom stereocenters. The third kappa shape index (κ3) is 5.91. The van der Waals surface area contributed by atoms with Crippen LogP contribution in [0, 0.1) is 18.3 Å². The van der Waals surface area contributed by atoms with Gasteiger partial charge in [0.2, 0.25) is 0 Å². The van der Waals surface area contributed by atoms with Crippen LogP contribution in [0.4, 0.5) is 11.4 Å². The zero-order valence-electron chi connectivity index (χ0n) is 13.7. The zero-order valence-corrected chi connectivity index (χ0v) is 13.7. The molecule has 0 saturated carbocycles. The number of nitrogens with one attached hydrogen (secondary N) is 2. The van der Waals surface area contributed by atoms with E-state index in [2.05, 4.69) is 10.6 Å². The maximum Gasteiger partial charge on any atom is 0.352 e. The Labute approximate surface area is 151 Å². The monoisotopic (exact) mass is 375 g/mol. The van der Waals surface area contributed by atoms with Gasteiger partial charge in [-0.2, -0.15) is 5.26 Å². The van der Waals surface area contributed by atoms with Crippen molar-refractivity contribution < 1.29 is 39.6 Å². The van der Waals surface area contributed by atoms with Crippen LogP contribution in [0.2, 0.25) is 0 Å². The number of carboxylic acids is 4. The molecule has 0 fully saturated rings. The highest BCUT2D eigenvalue weighted by Crippen LogP contribution is 2.28. The predicted molar refractivity (Wildman–Crippen MR) is 89.8 cm³/mol. The van der Waals surface area contributed by atoms with Crippen LogP contribution >= 0.6 is 0 Å². The van der Waals surface area contributed by atoms with E-state index in [-0.39, 0.29) is 16.9 Å². The number of carbonyl (C=O) groups is 4. The van der Waals surface area contributed by atoms with Gasteiger partial charge in [-0.25, -0.2) is 19.2 Å². The number of nitrogens with zero attached hydrogens (tertiary/aromatic N) is 1. The van der Waals surface area contributed by atoms with E-state index in [0.29, 0.717) is 17.7 Å². The Morgan fingerprint density at radius 2 is 1.26 bits per heavy atom. The molecule has 0 radical (unpaired) electrons. The van der Waals surface area contributed by atoms with Crippen molar-refractivity contribution in [1.29, 1.82) is 5.26 Å². The van der Waals surface area contributed by atoms with Crippen LogP contribution in [0.25, 0.3) is 0 Å². The van der Waals surface area contributed by atoms with Crippen LogP contribution in [0.15, 0.2) is 35.7 Å². The third-order valence-electron chi connectivity index (χ3n) is 2.93. The summed E-state index contributed by atoms with van der Waals surface area (Å²) in [7, 11) is 0. The minimum Gasteiger partial charge on any atom is -0.478 e. The minimum absolute atomic E-state index is 0.116. The molecule has 0 saturated heterocycles. The molecule has 0 spiro atoms. The van der Waals surface area contributed by atoms with Crippen LogP contribution in [0.3, 0.4) is 0 Å². The molecule has 11 nitrogen and oxygen atoms in total. The normalized spacial score (nSPS) is 11.3. The summed E-state index contributed by atoms with van der Waals surface area (Å²) in [4.78, 5) is 43.8. The molecule has 0 unspecified atom stereocenters. The van der Waals surface area contributed by atoms with Gasteiger partial charge in [0.15, 0.2) is 0 Å². The standard InChI is InChI=1S/C16H13N3O8/c1-7-2-9(18-11(15(24)25)4-13(20)21)8(6-17)10(3-7)19-12(16(26)27)5-14(22)23/h2-5,18-19H,1H3,(H,20,21)(H,22,23)(H,24,25)(H,26,27). The smallest absolute Gasteiger partial charge is 0.352 e. The summed E-state index contributed by atoms with van der Waals surface area (Å²) < 4.78 is 0. The van der Waals surface area contributed by atoms with Crippen molar-refractivity contribution >= 4 is 35.3 Å². The fourth-order valence-corrected chi connectivity index (χ4v) is 1.94. The Morgan fingerprint density at radius 1 is 0.889 bits per heavy atom. The number of aryl methyl sites for hydroxylation is 1. The molecule has 0 aromatic heterocycles. The molecule has 0 bridgehead atoms. The van der Waals surface area contributed by atoms with E-state index in [1.807, 2.05) is 0 Å². The van der Waals surface area contributed by atoms with Gasteiger partial charge in [-0.15, -0.1) is 0 Å². The van der Waals surface area contributed by atoms with E-state index in [9.17, 15) is 24.4 Å². The van der Waals surface area contributed by atoms with Crippen molar-refractivity contribution in [3.63, 3.8) is 0 Å². The number of hydrogen-bond acceptors (Lipinski definition) is 7. The summed E-state index contributed by atoms with van der Waals surface area (Å²) in [5.41, 5.74) is -1.52. The van der Waals surface area contributed by atoms with E-state index in [0.717, 1.165) is 0 Å². The average molecular weight is 375 g/mol. The average Bonchev–Trinajstić information content (AvgIpc) is 2.52. The van der Waals surface area contributed by atoms with E-state index < -0.39 is 35.3 Å². The van der Waals surface area contributed by atoms with Gasteiger partial charge in [-0.3, -0.25) is 0 Å². The van der Waals surface area contributed by atoms with Crippen molar-refractivity contribution in [3.8, 4) is 6.07 Å². The van der Waals surface area contributed by atoms with E-state index >= 15 is 0 Å². The second-order valence-corrected chi connectivity index (χ2v) is 5.00. The highest BCUT2D eigenvalue weighted by Gasteiger charge is 2.18. The van der Waals surface area contributed by atoms with Gasteiger partial charge in [-0.05, 0) is 24.6 Å². The van der Waals surface area contributed by atoms with Gasteiger partial charge in [0, 0.05) is 0 Å². The first kappa shape index (κ1) is 20.7. The molecule has 140 valence electrons. The Hall–Kier alpha value is -4.33. The maximum atomic E-state index is 11.2. The summed E-state index contributed by atoms with van der Waals surface area (Å²) >= 11 is 0.